The van der Waals surface area contributed by atoms with Crippen LogP contribution in [0.15, 0.2) is 29.7 Å². The summed E-state index contributed by atoms with van der Waals surface area (Å²) >= 11 is 0. The van der Waals surface area contributed by atoms with Gasteiger partial charge in [-0.2, -0.15) is 4.57 Å². The van der Waals surface area contributed by atoms with Gasteiger partial charge in [0.15, 0.2) is 12.4 Å². The second-order valence-corrected chi connectivity index (χ2v) is 4.04. The molecule has 0 unspecified atom stereocenters. The van der Waals surface area contributed by atoms with Crippen LogP contribution in [0.1, 0.15) is 5.56 Å². The summed E-state index contributed by atoms with van der Waals surface area (Å²) in [6.45, 7) is 2.87. The largest absolute Gasteiger partial charge is 0.411 e. The second kappa shape index (κ2) is 6.11. The topological polar surface area (TPSA) is 66.0 Å². The number of carbonyl (C=O) groups is 1. The van der Waals surface area contributed by atoms with E-state index >= 15 is 0 Å². The minimum Gasteiger partial charge on any atom is -0.411 e. The highest BCUT2D eigenvalue weighted by Gasteiger charge is 2.19. The Kier molecular flexibility index (Phi) is 4.25. The van der Waals surface area contributed by atoms with Gasteiger partial charge in [0.1, 0.15) is 0 Å². The molecule has 0 saturated carbocycles. The minimum absolute atomic E-state index is 0.0897. The van der Waals surface area contributed by atoms with Gasteiger partial charge in [0.05, 0.1) is 19.4 Å². The van der Waals surface area contributed by atoms with Gasteiger partial charge in [-0.15, -0.1) is 0 Å². The van der Waals surface area contributed by atoms with Crippen LogP contribution in [-0.4, -0.2) is 48.5 Å². The van der Waals surface area contributed by atoms with E-state index in [0.717, 1.165) is 5.56 Å². The number of morpholine rings is 1. The fraction of sp³-hybridized carbons (Fsp3) is 0.417. The molecule has 1 aromatic heterocycles. The van der Waals surface area contributed by atoms with Crippen molar-refractivity contribution in [3.63, 3.8) is 0 Å². The molecule has 0 aromatic carbocycles. The van der Waals surface area contributed by atoms with E-state index in [9.17, 15) is 4.79 Å². The standard InChI is InChI=1S/C12H15N3O3/c16-12(15-5-7-18-8-6-15)10-14-3-1-11(2-4-14)9-13-17/h1-4,9H,5-8,10H2/p+1. The van der Waals surface area contributed by atoms with E-state index < -0.39 is 0 Å². The summed E-state index contributed by atoms with van der Waals surface area (Å²) in [5.41, 5.74) is 0.785. The molecule has 1 aromatic rings. The van der Waals surface area contributed by atoms with Crippen LogP contribution in [0.5, 0.6) is 0 Å². The Morgan fingerprint density at radius 3 is 2.72 bits per heavy atom. The Balaban J connectivity index is 1.93. The smallest absolute Gasteiger partial charge is 0.288 e. The lowest BCUT2D eigenvalue weighted by molar-refractivity contribution is -0.685. The molecule has 1 amide bonds. The van der Waals surface area contributed by atoms with Crippen molar-refractivity contribution in [3.05, 3.63) is 30.1 Å². The van der Waals surface area contributed by atoms with Gasteiger partial charge >= 0.3 is 0 Å². The number of hydrogen-bond acceptors (Lipinski definition) is 4. The van der Waals surface area contributed by atoms with Crippen LogP contribution in [0.25, 0.3) is 0 Å². The van der Waals surface area contributed by atoms with Crippen LogP contribution < -0.4 is 4.57 Å². The molecule has 1 aliphatic rings. The van der Waals surface area contributed by atoms with Gasteiger partial charge in [-0.25, -0.2) is 0 Å². The first-order chi connectivity index (χ1) is 8.79. The Labute approximate surface area is 105 Å². The Morgan fingerprint density at radius 1 is 1.44 bits per heavy atom. The van der Waals surface area contributed by atoms with Gasteiger partial charge in [-0.1, -0.05) is 5.16 Å². The van der Waals surface area contributed by atoms with Crippen molar-refractivity contribution in [2.24, 2.45) is 5.16 Å². The third-order valence-electron chi connectivity index (χ3n) is 2.81. The molecular formula is C12H16N3O3+. The molecule has 0 bridgehead atoms. The van der Waals surface area contributed by atoms with E-state index in [4.69, 9.17) is 9.94 Å². The van der Waals surface area contributed by atoms with Crippen LogP contribution in [0, 0.1) is 0 Å². The molecule has 1 N–H and O–H groups in total. The highest BCUT2D eigenvalue weighted by molar-refractivity contribution is 5.78. The molecule has 0 radical (unpaired) electrons. The molecule has 18 heavy (non-hydrogen) atoms. The molecule has 0 spiro atoms. The quantitative estimate of drug-likeness (QED) is 0.345. The van der Waals surface area contributed by atoms with Crippen LogP contribution in [0.3, 0.4) is 0 Å². The molecule has 6 nitrogen and oxygen atoms in total. The summed E-state index contributed by atoms with van der Waals surface area (Å²) in [7, 11) is 0. The van der Waals surface area contributed by atoms with E-state index in [1.54, 1.807) is 34.0 Å². The molecule has 2 rings (SSSR count). The number of oxime groups is 1. The monoisotopic (exact) mass is 250 g/mol. The molecular weight excluding hydrogens is 234 g/mol. The van der Waals surface area contributed by atoms with E-state index in [0.29, 0.717) is 32.8 Å². The third-order valence-corrected chi connectivity index (χ3v) is 2.81. The molecule has 1 saturated heterocycles. The van der Waals surface area contributed by atoms with Crippen molar-refractivity contribution in [2.45, 2.75) is 6.54 Å². The maximum atomic E-state index is 12.0. The maximum Gasteiger partial charge on any atom is 0.288 e. The fourth-order valence-corrected chi connectivity index (χ4v) is 1.80. The molecule has 2 heterocycles. The van der Waals surface area contributed by atoms with Crippen molar-refractivity contribution < 1.29 is 19.3 Å². The van der Waals surface area contributed by atoms with Gasteiger partial charge in [-0.05, 0) is 0 Å². The highest BCUT2D eigenvalue weighted by Crippen LogP contribution is 1.97. The van der Waals surface area contributed by atoms with E-state index in [2.05, 4.69) is 5.16 Å². The minimum atomic E-state index is 0.0897. The van der Waals surface area contributed by atoms with Gasteiger partial charge in [0.25, 0.3) is 5.91 Å². The second-order valence-electron chi connectivity index (χ2n) is 4.04. The number of aromatic nitrogens is 1. The predicted octanol–water partition coefficient (Wildman–Crippen LogP) is -0.359. The number of rotatable bonds is 3. The van der Waals surface area contributed by atoms with Gasteiger partial charge in [-0.3, -0.25) is 4.79 Å². The summed E-state index contributed by atoms with van der Waals surface area (Å²) < 4.78 is 7.00. The zero-order chi connectivity index (χ0) is 12.8. The van der Waals surface area contributed by atoms with Crippen LogP contribution in [-0.2, 0) is 16.1 Å². The summed E-state index contributed by atoms with van der Waals surface area (Å²) in [6, 6.07) is 3.57. The average molecular weight is 250 g/mol. The number of ether oxygens (including phenoxy) is 1. The normalized spacial score (nSPS) is 16.1. The average Bonchev–Trinajstić information content (AvgIpc) is 2.42. The summed E-state index contributed by atoms with van der Waals surface area (Å²) in [5, 5.41) is 11.3. The van der Waals surface area contributed by atoms with Gasteiger partial charge in [0.2, 0.25) is 6.54 Å². The molecule has 1 aliphatic heterocycles. The van der Waals surface area contributed by atoms with Crippen molar-refractivity contribution in [2.75, 3.05) is 26.3 Å². The predicted molar refractivity (Wildman–Crippen MR) is 63.4 cm³/mol. The number of amides is 1. The van der Waals surface area contributed by atoms with E-state index in [1.165, 1.54) is 6.21 Å². The SMILES string of the molecule is O=C(C[n+]1ccc(/C=N\O)cc1)N1CCOCC1. The van der Waals surface area contributed by atoms with Crippen LogP contribution in [0.2, 0.25) is 0 Å². The highest BCUT2D eigenvalue weighted by atomic mass is 16.5. The zero-order valence-corrected chi connectivity index (χ0v) is 10.0. The lowest BCUT2D eigenvalue weighted by Crippen LogP contribution is -2.48. The fourth-order valence-electron chi connectivity index (χ4n) is 1.80. The first-order valence-corrected chi connectivity index (χ1v) is 5.81. The lowest BCUT2D eigenvalue weighted by Gasteiger charge is -2.25. The first-order valence-electron chi connectivity index (χ1n) is 5.81. The van der Waals surface area contributed by atoms with Crippen LogP contribution in [0.4, 0.5) is 0 Å². The summed E-state index contributed by atoms with van der Waals surface area (Å²) in [5.74, 6) is 0.0897. The third kappa shape index (κ3) is 3.27. The molecule has 6 heteroatoms. The van der Waals surface area contributed by atoms with Crippen LogP contribution >= 0.6 is 0 Å². The number of hydrogen-bond donors (Lipinski definition) is 1. The molecule has 1 fully saturated rings. The van der Waals surface area contributed by atoms with Crippen molar-refractivity contribution in [3.8, 4) is 0 Å². The number of nitrogens with zero attached hydrogens (tertiary/aromatic N) is 3. The van der Waals surface area contributed by atoms with Gasteiger partial charge < -0.3 is 14.8 Å². The van der Waals surface area contributed by atoms with Crippen molar-refractivity contribution in [1.82, 2.24) is 4.90 Å². The summed E-state index contributed by atoms with van der Waals surface area (Å²) in [6.07, 6.45) is 4.92. The Bertz CT molecular complexity index is 425. The van der Waals surface area contributed by atoms with E-state index in [1.807, 2.05) is 0 Å². The zero-order valence-electron chi connectivity index (χ0n) is 10.0. The van der Waals surface area contributed by atoms with Crippen molar-refractivity contribution >= 4 is 12.1 Å². The molecule has 0 atom stereocenters. The molecule has 96 valence electrons. The number of pyridine rings is 1. The number of carbonyl (C=O) groups excluding carboxylic acids is 1. The lowest BCUT2D eigenvalue weighted by atomic mass is 10.3. The Morgan fingerprint density at radius 2 is 2.11 bits per heavy atom. The molecule has 0 aliphatic carbocycles. The van der Waals surface area contributed by atoms with E-state index in [-0.39, 0.29) is 5.91 Å². The van der Waals surface area contributed by atoms with Crippen molar-refractivity contribution in [1.29, 1.82) is 0 Å². The summed E-state index contributed by atoms with van der Waals surface area (Å²) in [4.78, 5) is 13.8. The Hall–Kier alpha value is -1.95. The maximum absolute atomic E-state index is 12.0. The first kappa shape index (κ1) is 12.5. The van der Waals surface area contributed by atoms with Gasteiger partial charge in [0, 0.05) is 30.8 Å².